The predicted molar refractivity (Wildman–Crippen MR) is 110 cm³/mol. The van der Waals surface area contributed by atoms with E-state index in [9.17, 15) is 21.6 Å². The van der Waals surface area contributed by atoms with Gasteiger partial charge in [0.1, 0.15) is 0 Å². The highest BCUT2D eigenvalue weighted by Gasteiger charge is 2.46. The molecule has 0 aliphatic heterocycles. The summed E-state index contributed by atoms with van der Waals surface area (Å²) in [5, 5.41) is 5.77. The molecule has 11 heteroatoms. The molecule has 0 saturated carbocycles. The van der Waals surface area contributed by atoms with E-state index in [1.54, 1.807) is 37.7 Å². The fraction of sp³-hybridized carbons (Fsp3) is 0.211. The van der Waals surface area contributed by atoms with Crippen LogP contribution in [0.3, 0.4) is 0 Å². The highest BCUT2D eigenvalue weighted by molar-refractivity contribution is 7.93. The first-order chi connectivity index (χ1) is 14.0. The van der Waals surface area contributed by atoms with Crippen molar-refractivity contribution in [2.24, 2.45) is 5.10 Å². The number of para-hydroxylation sites is 2. The van der Waals surface area contributed by atoms with Gasteiger partial charge in [0.2, 0.25) is 0 Å². The summed E-state index contributed by atoms with van der Waals surface area (Å²) in [6, 6.07) is 11.6. The van der Waals surface area contributed by atoms with Crippen molar-refractivity contribution in [3.63, 3.8) is 0 Å². The van der Waals surface area contributed by atoms with Gasteiger partial charge in [-0.3, -0.25) is 9.71 Å². The van der Waals surface area contributed by atoms with E-state index in [-0.39, 0.29) is 17.0 Å². The molecule has 7 nitrogen and oxygen atoms in total. The van der Waals surface area contributed by atoms with Crippen molar-refractivity contribution in [1.82, 2.24) is 9.97 Å². The van der Waals surface area contributed by atoms with Crippen molar-refractivity contribution < 1.29 is 21.6 Å². The molecule has 0 spiro atoms. The van der Waals surface area contributed by atoms with Crippen molar-refractivity contribution in [1.29, 1.82) is 0 Å². The molecule has 3 aromatic rings. The number of nitrogens with one attached hydrogen (secondary N) is 1. The zero-order valence-corrected chi connectivity index (χ0v) is 17.1. The molecule has 0 unspecified atom stereocenters. The van der Waals surface area contributed by atoms with E-state index in [1.807, 2.05) is 18.2 Å². The smallest absolute Gasteiger partial charge is 0.275 e. The first-order valence-electron chi connectivity index (χ1n) is 8.69. The first kappa shape index (κ1) is 21.5. The van der Waals surface area contributed by atoms with E-state index in [0.29, 0.717) is 16.9 Å². The minimum absolute atomic E-state index is 0.212. The van der Waals surface area contributed by atoms with Gasteiger partial charge >= 0.3 is 15.5 Å². The maximum absolute atomic E-state index is 12.8. The van der Waals surface area contributed by atoms with E-state index in [1.165, 1.54) is 23.3 Å². The van der Waals surface area contributed by atoms with Gasteiger partial charge in [0.15, 0.2) is 5.82 Å². The first-order valence-corrected chi connectivity index (χ1v) is 10.2. The summed E-state index contributed by atoms with van der Waals surface area (Å²) < 4.78 is 63.0. The van der Waals surface area contributed by atoms with Crippen molar-refractivity contribution in [2.75, 3.05) is 16.8 Å². The summed E-state index contributed by atoms with van der Waals surface area (Å²) in [5.41, 5.74) is -3.07. The third-order valence-corrected chi connectivity index (χ3v) is 5.28. The van der Waals surface area contributed by atoms with E-state index in [4.69, 9.17) is 0 Å². The number of aromatic nitrogens is 2. The topological polar surface area (TPSA) is 87.6 Å². The van der Waals surface area contributed by atoms with Gasteiger partial charge in [0.25, 0.3) is 0 Å². The summed E-state index contributed by atoms with van der Waals surface area (Å²) >= 11 is 0. The maximum Gasteiger partial charge on any atom is 0.516 e. The van der Waals surface area contributed by atoms with E-state index in [2.05, 4.69) is 15.1 Å². The number of halogens is 3. The predicted octanol–water partition coefficient (Wildman–Crippen LogP) is 4.06. The molecule has 0 bridgehead atoms. The fourth-order valence-electron chi connectivity index (χ4n) is 2.68. The zero-order valence-electron chi connectivity index (χ0n) is 16.3. The van der Waals surface area contributed by atoms with Gasteiger partial charge in [-0.2, -0.15) is 26.7 Å². The third kappa shape index (κ3) is 4.51. The van der Waals surface area contributed by atoms with Crippen LogP contribution in [-0.4, -0.2) is 36.7 Å². The number of fused-ring (bicyclic) bond motifs is 1. The lowest BCUT2D eigenvalue weighted by Gasteiger charge is -2.17. The van der Waals surface area contributed by atoms with Crippen molar-refractivity contribution in [3.8, 4) is 0 Å². The molecule has 0 saturated heterocycles. The van der Waals surface area contributed by atoms with Gasteiger partial charge in [-0.05, 0) is 38.1 Å². The van der Waals surface area contributed by atoms with Gasteiger partial charge in [0, 0.05) is 12.6 Å². The van der Waals surface area contributed by atoms with Crippen LogP contribution in [-0.2, 0) is 10.0 Å². The molecule has 0 atom stereocenters. The highest BCUT2D eigenvalue weighted by Crippen LogP contribution is 2.28. The number of anilines is 2. The summed E-state index contributed by atoms with van der Waals surface area (Å²) in [6.07, 6.45) is 1.52. The largest absolute Gasteiger partial charge is 0.516 e. The number of hydrogen-bond donors (Lipinski definition) is 1. The Hall–Kier alpha value is -3.21. The summed E-state index contributed by atoms with van der Waals surface area (Å²) in [4.78, 5) is 8.75. The van der Waals surface area contributed by atoms with Crippen LogP contribution in [0.5, 0.6) is 0 Å². The van der Waals surface area contributed by atoms with E-state index >= 15 is 0 Å². The summed E-state index contributed by atoms with van der Waals surface area (Å²) in [5.74, 6) is 0.415. The van der Waals surface area contributed by atoms with Crippen LogP contribution < -0.4 is 9.73 Å². The molecule has 158 valence electrons. The van der Waals surface area contributed by atoms with Gasteiger partial charge in [-0.25, -0.2) is 9.99 Å². The molecular weight excluding hydrogens is 419 g/mol. The number of aryl methyl sites for hydroxylation is 1. The number of sulfonamides is 1. The van der Waals surface area contributed by atoms with Crippen LogP contribution in [0.2, 0.25) is 0 Å². The van der Waals surface area contributed by atoms with Gasteiger partial charge in [-0.1, -0.05) is 23.8 Å². The van der Waals surface area contributed by atoms with Crippen LogP contribution in [0.1, 0.15) is 18.1 Å². The molecule has 0 radical (unpaired) electrons. The molecule has 1 heterocycles. The Balaban J connectivity index is 1.97. The molecule has 0 amide bonds. The van der Waals surface area contributed by atoms with Crippen LogP contribution >= 0.6 is 0 Å². The number of nitrogens with zero attached hydrogens (tertiary/aromatic N) is 4. The number of rotatable bonds is 5. The van der Waals surface area contributed by atoms with Crippen LogP contribution in [0.25, 0.3) is 11.0 Å². The third-order valence-electron chi connectivity index (χ3n) is 4.18. The van der Waals surface area contributed by atoms with Crippen molar-refractivity contribution in [2.45, 2.75) is 19.4 Å². The minimum Gasteiger partial charge on any atom is -0.275 e. The maximum atomic E-state index is 12.8. The van der Waals surface area contributed by atoms with Gasteiger partial charge < -0.3 is 0 Å². The number of hydrogen-bond acceptors (Lipinski definition) is 6. The lowest BCUT2D eigenvalue weighted by Crippen LogP contribution is -2.30. The molecule has 30 heavy (non-hydrogen) atoms. The quantitative estimate of drug-likeness (QED) is 0.480. The highest BCUT2D eigenvalue weighted by atomic mass is 32.2. The molecule has 0 aliphatic rings. The molecule has 0 fully saturated rings. The zero-order chi connectivity index (χ0) is 22.1. The standard InChI is InChI=1S/C19H18F3N5O2S/c1-12-8-9-15(26-30(28,29)19(20,21)22)14(10-12)13(2)25-27(3)18-11-23-16-6-4-5-7-17(16)24-18/h4-11,26H,1-3H3/b25-13+. The lowest BCUT2D eigenvalue weighted by atomic mass is 10.1. The summed E-state index contributed by atoms with van der Waals surface area (Å²) in [6.45, 7) is 3.29. The number of alkyl halides is 3. The Labute approximate surface area is 171 Å². The molecule has 3 rings (SSSR count). The Morgan fingerprint density at radius 3 is 2.47 bits per heavy atom. The van der Waals surface area contributed by atoms with Crippen molar-refractivity contribution >= 4 is 38.3 Å². The number of hydrazone groups is 1. The Bertz CT molecular complexity index is 1230. The molecule has 2 aromatic carbocycles. The Kier molecular flexibility index (Phi) is 5.66. The van der Waals surface area contributed by atoms with E-state index < -0.39 is 15.5 Å². The van der Waals surface area contributed by atoms with E-state index in [0.717, 1.165) is 5.56 Å². The Morgan fingerprint density at radius 2 is 1.80 bits per heavy atom. The molecular formula is C19H18F3N5O2S. The molecule has 1 aromatic heterocycles. The monoisotopic (exact) mass is 437 g/mol. The Morgan fingerprint density at radius 1 is 1.13 bits per heavy atom. The fourth-order valence-corrected chi connectivity index (χ4v) is 3.27. The van der Waals surface area contributed by atoms with Crippen LogP contribution in [0.4, 0.5) is 24.7 Å². The average Bonchev–Trinajstić information content (AvgIpc) is 2.67. The minimum atomic E-state index is -5.57. The van der Waals surface area contributed by atoms with Gasteiger partial charge in [0.05, 0.1) is 28.6 Å². The molecule has 0 aliphatic carbocycles. The second-order valence-electron chi connectivity index (χ2n) is 6.53. The van der Waals surface area contributed by atoms with Crippen LogP contribution in [0, 0.1) is 6.92 Å². The second-order valence-corrected chi connectivity index (χ2v) is 8.20. The lowest BCUT2D eigenvalue weighted by molar-refractivity contribution is -0.0429. The molecule has 1 N–H and O–H groups in total. The summed E-state index contributed by atoms with van der Waals surface area (Å²) in [7, 11) is -3.96. The van der Waals surface area contributed by atoms with Crippen LogP contribution in [0.15, 0.2) is 53.8 Å². The SMILES string of the molecule is C/C(=N\N(C)c1cnc2ccccc2n1)c1cc(C)ccc1NS(=O)(=O)C(F)(F)F. The average molecular weight is 437 g/mol. The van der Waals surface area contributed by atoms with Crippen molar-refractivity contribution in [3.05, 3.63) is 59.8 Å². The van der Waals surface area contributed by atoms with Gasteiger partial charge in [-0.15, -0.1) is 0 Å². The second kappa shape index (κ2) is 7.90. The number of benzene rings is 2. The normalized spacial score (nSPS) is 12.8.